The zero-order valence-corrected chi connectivity index (χ0v) is 16.4. The maximum Gasteiger partial charge on any atom is 0.272 e. The van der Waals surface area contributed by atoms with Crippen molar-refractivity contribution in [3.63, 3.8) is 0 Å². The number of carbonyl (C=O) groups is 1. The smallest absolute Gasteiger partial charge is 0.272 e. The van der Waals surface area contributed by atoms with Crippen molar-refractivity contribution in [2.45, 2.75) is 37.5 Å². The highest BCUT2D eigenvalue weighted by Crippen LogP contribution is 2.29. The standard InChI is InChI=1S/C20H25N5OS/c1-2-27-20-22-9-16(10-23-20)13-24-11-15-6-7-17(24)14-25(12-15)19(26)18-5-3-4-8-21-18/h3-5,8-10,15,17H,2,6-7,11-14H2,1H3/t15-,17-/m1/s1. The van der Waals surface area contributed by atoms with Gasteiger partial charge in [-0.3, -0.25) is 14.7 Å². The van der Waals surface area contributed by atoms with Gasteiger partial charge in [0.05, 0.1) is 0 Å². The zero-order valence-electron chi connectivity index (χ0n) is 15.6. The fourth-order valence-corrected chi connectivity index (χ4v) is 4.57. The Morgan fingerprint density at radius 3 is 2.74 bits per heavy atom. The van der Waals surface area contributed by atoms with Crippen LogP contribution in [0.2, 0.25) is 0 Å². The van der Waals surface area contributed by atoms with Gasteiger partial charge in [-0.1, -0.05) is 24.8 Å². The van der Waals surface area contributed by atoms with Crippen LogP contribution in [0.5, 0.6) is 0 Å². The minimum atomic E-state index is 0.0543. The Labute approximate surface area is 164 Å². The Morgan fingerprint density at radius 2 is 2.00 bits per heavy atom. The molecular weight excluding hydrogens is 358 g/mol. The van der Waals surface area contributed by atoms with Crippen LogP contribution in [0.15, 0.2) is 41.9 Å². The second kappa shape index (κ2) is 8.35. The fraction of sp³-hybridized carbons (Fsp3) is 0.500. The van der Waals surface area contributed by atoms with Crippen LogP contribution in [0.4, 0.5) is 0 Å². The van der Waals surface area contributed by atoms with Crippen molar-refractivity contribution in [1.29, 1.82) is 0 Å². The van der Waals surface area contributed by atoms with Crippen molar-refractivity contribution >= 4 is 17.7 Å². The number of hydrogen-bond donors (Lipinski definition) is 0. The van der Waals surface area contributed by atoms with Crippen LogP contribution in [0, 0.1) is 5.92 Å². The normalized spacial score (nSPS) is 22.6. The molecule has 0 aromatic carbocycles. The van der Waals surface area contributed by atoms with Crippen LogP contribution in [0.25, 0.3) is 0 Å². The van der Waals surface area contributed by atoms with E-state index in [1.807, 2.05) is 29.4 Å². The molecule has 142 valence electrons. The first-order chi connectivity index (χ1) is 13.2. The molecule has 3 aliphatic heterocycles. The van der Waals surface area contributed by atoms with Gasteiger partial charge in [-0.05, 0) is 36.6 Å². The van der Waals surface area contributed by atoms with E-state index in [-0.39, 0.29) is 5.91 Å². The first-order valence-corrected chi connectivity index (χ1v) is 10.6. The molecule has 27 heavy (non-hydrogen) atoms. The summed E-state index contributed by atoms with van der Waals surface area (Å²) >= 11 is 1.66. The number of piperidine rings is 1. The molecule has 2 aromatic rings. The minimum Gasteiger partial charge on any atom is -0.335 e. The van der Waals surface area contributed by atoms with Crippen molar-refractivity contribution in [2.75, 3.05) is 25.4 Å². The van der Waals surface area contributed by atoms with Crippen molar-refractivity contribution in [3.8, 4) is 0 Å². The van der Waals surface area contributed by atoms with Gasteiger partial charge in [-0.2, -0.15) is 0 Å². The summed E-state index contributed by atoms with van der Waals surface area (Å²) in [6.07, 6.45) is 7.91. The molecule has 0 spiro atoms. The molecule has 0 unspecified atom stereocenters. The topological polar surface area (TPSA) is 62.2 Å². The SMILES string of the molecule is CCSc1ncc(CN2C[C@H]3CC[C@@H]2CN(C(=O)c2ccccn2)C3)cn1. The molecule has 0 saturated carbocycles. The number of rotatable bonds is 5. The molecule has 1 amide bonds. The van der Waals surface area contributed by atoms with Crippen LogP contribution >= 0.6 is 11.8 Å². The first-order valence-electron chi connectivity index (χ1n) is 9.61. The molecule has 0 radical (unpaired) electrons. The second-order valence-electron chi connectivity index (χ2n) is 7.26. The van der Waals surface area contributed by atoms with E-state index in [0.717, 1.165) is 49.1 Å². The number of nitrogens with zero attached hydrogens (tertiary/aromatic N) is 5. The second-order valence-corrected chi connectivity index (χ2v) is 8.49. The van der Waals surface area contributed by atoms with E-state index < -0.39 is 0 Å². The van der Waals surface area contributed by atoms with Gasteiger partial charge < -0.3 is 4.90 Å². The van der Waals surface area contributed by atoms with Gasteiger partial charge in [0, 0.05) is 56.4 Å². The summed E-state index contributed by atoms with van der Waals surface area (Å²) in [6, 6.07) is 5.91. The number of carbonyl (C=O) groups excluding carboxylic acids is 1. The minimum absolute atomic E-state index is 0.0543. The maximum absolute atomic E-state index is 12.9. The lowest BCUT2D eigenvalue weighted by Gasteiger charge is -2.35. The predicted molar refractivity (Wildman–Crippen MR) is 105 cm³/mol. The van der Waals surface area contributed by atoms with Crippen molar-refractivity contribution in [2.24, 2.45) is 5.92 Å². The molecule has 0 aliphatic carbocycles. The Bertz CT molecular complexity index is 770. The molecule has 0 N–H and O–H groups in total. The third-order valence-electron chi connectivity index (χ3n) is 5.34. The first kappa shape index (κ1) is 18.4. The summed E-state index contributed by atoms with van der Waals surface area (Å²) in [5.74, 6) is 1.56. The molecule has 3 saturated heterocycles. The molecule has 3 fully saturated rings. The largest absolute Gasteiger partial charge is 0.335 e. The third-order valence-corrected chi connectivity index (χ3v) is 6.10. The van der Waals surface area contributed by atoms with Gasteiger partial charge in [-0.25, -0.2) is 9.97 Å². The lowest BCUT2D eigenvalue weighted by molar-refractivity contribution is 0.0730. The molecule has 5 heterocycles. The molecule has 5 rings (SSSR count). The lowest BCUT2D eigenvalue weighted by Crippen LogP contribution is -2.44. The molecule has 2 aromatic heterocycles. The van der Waals surface area contributed by atoms with Crippen molar-refractivity contribution < 1.29 is 4.79 Å². The van der Waals surface area contributed by atoms with Crippen molar-refractivity contribution in [1.82, 2.24) is 24.8 Å². The summed E-state index contributed by atoms with van der Waals surface area (Å²) in [4.78, 5) is 30.5. The Kier molecular flexibility index (Phi) is 5.69. The highest BCUT2D eigenvalue weighted by molar-refractivity contribution is 7.99. The number of fused-ring (bicyclic) bond motifs is 4. The third kappa shape index (κ3) is 4.30. The van der Waals surface area contributed by atoms with Gasteiger partial charge in [0.15, 0.2) is 5.16 Å². The van der Waals surface area contributed by atoms with Gasteiger partial charge in [0.1, 0.15) is 5.69 Å². The van der Waals surface area contributed by atoms with Crippen molar-refractivity contribution in [3.05, 3.63) is 48.0 Å². The van der Waals surface area contributed by atoms with Crippen LogP contribution in [-0.2, 0) is 6.54 Å². The van der Waals surface area contributed by atoms with Crippen LogP contribution < -0.4 is 0 Å². The Morgan fingerprint density at radius 1 is 1.15 bits per heavy atom. The van der Waals surface area contributed by atoms with Gasteiger partial charge in [-0.15, -0.1) is 0 Å². The summed E-state index contributed by atoms with van der Waals surface area (Å²) < 4.78 is 0. The molecule has 2 atom stereocenters. The number of hydrogen-bond acceptors (Lipinski definition) is 6. The van der Waals surface area contributed by atoms with Crippen LogP contribution in [-0.4, -0.2) is 62.1 Å². The van der Waals surface area contributed by atoms with Gasteiger partial charge in [0.2, 0.25) is 0 Å². The zero-order chi connectivity index (χ0) is 18.6. The lowest BCUT2D eigenvalue weighted by atomic mass is 9.95. The molecule has 2 bridgehead atoms. The fourth-order valence-electron chi connectivity index (χ4n) is 4.05. The number of thioether (sulfide) groups is 1. The van der Waals surface area contributed by atoms with Crippen LogP contribution in [0.1, 0.15) is 35.8 Å². The quantitative estimate of drug-likeness (QED) is 0.584. The van der Waals surface area contributed by atoms with E-state index in [4.69, 9.17) is 0 Å². The molecular formula is C20H25N5OS. The van der Waals surface area contributed by atoms with E-state index in [9.17, 15) is 4.79 Å². The maximum atomic E-state index is 12.9. The Balaban J connectivity index is 1.44. The summed E-state index contributed by atoms with van der Waals surface area (Å²) in [5, 5.41) is 0.839. The van der Waals surface area contributed by atoms with E-state index in [2.05, 4.69) is 26.8 Å². The Hall–Kier alpha value is -1.99. The average Bonchev–Trinajstić information content (AvgIpc) is 3.02. The number of aromatic nitrogens is 3. The van der Waals surface area contributed by atoms with Crippen LogP contribution in [0.3, 0.4) is 0 Å². The highest BCUT2D eigenvalue weighted by atomic mass is 32.2. The van der Waals surface area contributed by atoms with E-state index >= 15 is 0 Å². The average molecular weight is 384 g/mol. The predicted octanol–water partition coefficient (Wildman–Crippen LogP) is 2.72. The van der Waals surface area contributed by atoms with Gasteiger partial charge in [0.25, 0.3) is 5.91 Å². The molecule has 6 nitrogen and oxygen atoms in total. The summed E-state index contributed by atoms with van der Waals surface area (Å²) in [6.45, 7) is 5.58. The number of amides is 1. The highest BCUT2D eigenvalue weighted by Gasteiger charge is 2.36. The van der Waals surface area contributed by atoms with Gasteiger partial charge >= 0.3 is 0 Å². The monoisotopic (exact) mass is 383 g/mol. The van der Waals surface area contributed by atoms with E-state index in [1.165, 1.54) is 6.42 Å². The molecule has 3 aliphatic rings. The molecule has 7 heteroatoms. The summed E-state index contributed by atoms with van der Waals surface area (Å²) in [7, 11) is 0. The van der Waals surface area contributed by atoms with E-state index in [1.54, 1.807) is 24.0 Å². The number of pyridine rings is 1. The van der Waals surface area contributed by atoms with E-state index in [0.29, 0.717) is 17.7 Å². The summed E-state index contributed by atoms with van der Waals surface area (Å²) in [5.41, 5.74) is 1.69.